The van der Waals surface area contributed by atoms with Crippen LogP contribution in [0.3, 0.4) is 0 Å². The van der Waals surface area contributed by atoms with Gasteiger partial charge in [0.25, 0.3) is 0 Å². The van der Waals surface area contributed by atoms with E-state index in [0.29, 0.717) is 6.61 Å². The third kappa shape index (κ3) is 4.41. The van der Waals surface area contributed by atoms with Gasteiger partial charge in [-0.25, -0.2) is 0 Å². The van der Waals surface area contributed by atoms with E-state index in [4.69, 9.17) is 14.6 Å². The van der Waals surface area contributed by atoms with Gasteiger partial charge in [-0.3, -0.25) is 0 Å². The molecule has 1 rings (SSSR count). The van der Waals surface area contributed by atoms with Gasteiger partial charge in [-0.1, -0.05) is 6.08 Å². The standard InChI is InChI=1S/C10H18O3/c1-2-9(11)5-3-7-12-10-6-4-8-13-10/h2,9-11H,1,3-8H2. The van der Waals surface area contributed by atoms with Crippen molar-refractivity contribution < 1.29 is 14.6 Å². The zero-order valence-electron chi connectivity index (χ0n) is 7.95. The summed E-state index contributed by atoms with van der Waals surface area (Å²) >= 11 is 0. The molecular weight excluding hydrogens is 168 g/mol. The molecule has 0 aliphatic carbocycles. The third-order valence-corrected chi connectivity index (χ3v) is 2.11. The lowest BCUT2D eigenvalue weighted by atomic mass is 10.2. The normalized spacial score (nSPS) is 24.5. The molecule has 1 aliphatic rings. The second-order valence-electron chi connectivity index (χ2n) is 3.26. The maximum absolute atomic E-state index is 9.15. The highest BCUT2D eigenvalue weighted by Crippen LogP contribution is 2.13. The van der Waals surface area contributed by atoms with Crippen molar-refractivity contribution in [3.05, 3.63) is 12.7 Å². The van der Waals surface area contributed by atoms with Crippen LogP contribution < -0.4 is 0 Å². The highest BCUT2D eigenvalue weighted by Gasteiger charge is 2.14. The van der Waals surface area contributed by atoms with Gasteiger partial charge in [0.15, 0.2) is 6.29 Å². The monoisotopic (exact) mass is 186 g/mol. The predicted molar refractivity (Wildman–Crippen MR) is 50.4 cm³/mol. The van der Waals surface area contributed by atoms with Gasteiger partial charge in [0.05, 0.1) is 6.10 Å². The zero-order valence-corrected chi connectivity index (χ0v) is 7.95. The largest absolute Gasteiger partial charge is 0.389 e. The summed E-state index contributed by atoms with van der Waals surface area (Å²) in [7, 11) is 0. The Balaban J connectivity index is 1.91. The number of hydrogen-bond donors (Lipinski definition) is 1. The van der Waals surface area contributed by atoms with Crippen molar-refractivity contribution in [2.24, 2.45) is 0 Å². The van der Waals surface area contributed by atoms with Gasteiger partial charge >= 0.3 is 0 Å². The summed E-state index contributed by atoms with van der Waals surface area (Å²) in [5, 5.41) is 9.15. The maximum atomic E-state index is 9.15. The summed E-state index contributed by atoms with van der Waals surface area (Å²) in [6.45, 7) is 4.98. The van der Waals surface area contributed by atoms with Gasteiger partial charge in [0.1, 0.15) is 0 Å². The van der Waals surface area contributed by atoms with Crippen LogP contribution in [0.15, 0.2) is 12.7 Å². The number of aliphatic hydroxyl groups is 1. The fourth-order valence-corrected chi connectivity index (χ4v) is 1.30. The van der Waals surface area contributed by atoms with E-state index in [-0.39, 0.29) is 6.29 Å². The van der Waals surface area contributed by atoms with Crippen molar-refractivity contribution in [2.45, 2.75) is 38.1 Å². The SMILES string of the molecule is C=CC(O)CCCOC1CCCO1. The van der Waals surface area contributed by atoms with Gasteiger partial charge in [-0.15, -0.1) is 6.58 Å². The van der Waals surface area contributed by atoms with Crippen molar-refractivity contribution in [3.63, 3.8) is 0 Å². The first-order valence-electron chi connectivity index (χ1n) is 4.87. The molecule has 0 amide bonds. The lowest BCUT2D eigenvalue weighted by Gasteiger charge is -2.11. The van der Waals surface area contributed by atoms with E-state index in [1.807, 2.05) is 0 Å². The molecule has 0 aromatic rings. The molecule has 0 aromatic carbocycles. The summed E-state index contributed by atoms with van der Waals surface area (Å²) in [5.74, 6) is 0. The molecule has 1 heterocycles. The number of aliphatic hydroxyl groups excluding tert-OH is 1. The molecule has 0 radical (unpaired) electrons. The van der Waals surface area contributed by atoms with E-state index in [1.54, 1.807) is 6.08 Å². The molecule has 0 bridgehead atoms. The van der Waals surface area contributed by atoms with Crippen molar-refractivity contribution >= 4 is 0 Å². The highest BCUT2D eigenvalue weighted by molar-refractivity contribution is 4.77. The van der Waals surface area contributed by atoms with Crippen LogP contribution in [-0.2, 0) is 9.47 Å². The van der Waals surface area contributed by atoms with Gasteiger partial charge in [0.2, 0.25) is 0 Å². The van der Waals surface area contributed by atoms with Crippen LogP contribution in [0, 0.1) is 0 Å². The average molecular weight is 186 g/mol. The Morgan fingerprint density at radius 2 is 2.54 bits per heavy atom. The molecule has 1 N–H and O–H groups in total. The van der Waals surface area contributed by atoms with Crippen LogP contribution in [0.2, 0.25) is 0 Å². The summed E-state index contributed by atoms with van der Waals surface area (Å²) < 4.78 is 10.7. The van der Waals surface area contributed by atoms with E-state index in [0.717, 1.165) is 32.3 Å². The zero-order chi connectivity index (χ0) is 9.52. The third-order valence-electron chi connectivity index (χ3n) is 2.11. The molecule has 0 saturated carbocycles. The van der Waals surface area contributed by atoms with Crippen molar-refractivity contribution in [1.29, 1.82) is 0 Å². The Hall–Kier alpha value is -0.380. The van der Waals surface area contributed by atoms with Crippen LogP contribution in [-0.4, -0.2) is 30.7 Å². The molecule has 76 valence electrons. The number of ether oxygens (including phenoxy) is 2. The minimum absolute atomic E-state index is 0.000809. The topological polar surface area (TPSA) is 38.7 Å². The van der Waals surface area contributed by atoms with Crippen LogP contribution in [0.4, 0.5) is 0 Å². The van der Waals surface area contributed by atoms with Gasteiger partial charge in [-0.2, -0.15) is 0 Å². The lowest BCUT2D eigenvalue weighted by molar-refractivity contribution is -0.112. The second-order valence-corrected chi connectivity index (χ2v) is 3.26. The molecule has 1 fully saturated rings. The predicted octanol–water partition coefficient (Wildman–Crippen LogP) is 1.47. The Bertz CT molecular complexity index is 141. The minimum atomic E-state index is -0.395. The smallest absolute Gasteiger partial charge is 0.157 e. The summed E-state index contributed by atoms with van der Waals surface area (Å²) in [5.41, 5.74) is 0. The van der Waals surface area contributed by atoms with Gasteiger partial charge < -0.3 is 14.6 Å². The maximum Gasteiger partial charge on any atom is 0.157 e. The summed E-state index contributed by atoms with van der Waals surface area (Å²) in [6, 6.07) is 0. The van der Waals surface area contributed by atoms with E-state index in [2.05, 4.69) is 6.58 Å². The molecule has 0 spiro atoms. The Labute approximate surface area is 79.3 Å². The Morgan fingerprint density at radius 3 is 3.15 bits per heavy atom. The first-order valence-corrected chi connectivity index (χ1v) is 4.87. The molecule has 1 aliphatic heterocycles. The molecule has 0 aromatic heterocycles. The van der Waals surface area contributed by atoms with E-state index in [1.165, 1.54) is 0 Å². The first-order chi connectivity index (χ1) is 6.33. The van der Waals surface area contributed by atoms with E-state index < -0.39 is 6.10 Å². The molecule has 3 nitrogen and oxygen atoms in total. The highest BCUT2D eigenvalue weighted by atomic mass is 16.7. The van der Waals surface area contributed by atoms with Crippen molar-refractivity contribution in [2.75, 3.05) is 13.2 Å². The average Bonchev–Trinajstić information content (AvgIpc) is 2.64. The van der Waals surface area contributed by atoms with Crippen LogP contribution >= 0.6 is 0 Å². The fraction of sp³-hybridized carbons (Fsp3) is 0.800. The lowest BCUT2D eigenvalue weighted by Crippen LogP contribution is -2.12. The number of rotatable bonds is 6. The van der Waals surface area contributed by atoms with Crippen LogP contribution in [0.5, 0.6) is 0 Å². The second kappa shape index (κ2) is 6.13. The van der Waals surface area contributed by atoms with E-state index in [9.17, 15) is 0 Å². The first kappa shape index (κ1) is 10.7. The Kier molecular flexibility index (Phi) is 5.05. The molecule has 3 heteroatoms. The fourth-order valence-electron chi connectivity index (χ4n) is 1.30. The summed E-state index contributed by atoms with van der Waals surface area (Å²) in [4.78, 5) is 0. The molecular formula is C10H18O3. The van der Waals surface area contributed by atoms with Crippen molar-refractivity contribution in [3.8, 4) is 0 Å². The Morgan fingerprint density at radius 1 is 1.69 bits per heavy atom. The molecule has 13 heavy (non-hydrogen) atoms. The van der Waals surface area contributed by atoms with Crippen LogP contribution in [0.25, 0.3) is 0 Å². The number of hydrogen-bond acceptors (Lipinski definition) is 3. The molecule has 1 saturated heterocycles. The molecule has 2 atom stereocenters. The van der Waals surface area contributed by atoms with Gasteiger partial charge in [0, 0.05) is 19.6 Å². The van der Waals surface area contributed by atoms with Crippen LogP contribution in [0.1, 0.15) is 25.7 Å². The van der Waals surface area contributed by atoms with Crippen molar-refractivity contribution in [1.82, 2.24) is 0 Å². The molecule has 2 unspecified atom stereocenters. The summed E-state index contributed by atoms with van der Waals surface area (Å²) in [6.07, 6.45) is 4.83. The van der Waals surface area contributed by atoms with E-state index >= 15 is 0 Å². The van der Waals surface area contributed by atoms with Gasteiger partial charge in [-0.05, 0) is 19.3 Å². The minimum Gasteiger partial charge on any atom is -0.389 e. The quantitative estimate of drug-likeness (QED) is 0.504.